The molecule has 4 heteroatoms. The number of carbonyl (C=O) groups is 1. The van der Waals surface area contributed by atoms with Crippen LogP contribution >= 0.6 is 0 Å². The maximum atomic E-state index is 12.5. The van der Waals surface area contributed by atoms with Crippen LogP contribution in [-0.2, 0) is 4.79 Å². The van der Waals surface area contributed by atoms with Gasteiger partial charge in [-0.15, -0.1) is 0 Å². The Labute approximate surface area is 162 Å². The van der Waals surface area contributed by atoms with Gasteiger partial charge in [0, 0.05) is 13.0 Å². The number of carbonyl (C=O) groups excluding carboxylic acids is 1. The summed E-state index contributed by atoms with van der Waals surface area (Å²) in [6.45, 7) is 4.93. The van der Waals surface area contributed by atoms with Crippen LogP contribution in [0.2, 0.25) is 0 Å². The Morgan fingerprint density at radius 2 is 1.70 bits per heavy atom. The standard InChI is InChI=1S/C23H30N2O2/c1-18(19-8-4-3-5-9-19)16-23(26)24-17-22(25-14-6-7-15-25)20-10-12-21(27-2)13-11-20/h3-5,8-13,18,22H,6-7,14-17H2,1-2H3,(H,24,26). The van der Waals surface area contributed by atoms with Crippen LogP contribution in [0.25, 0.3) is 0 Å². The van der Waals surface area contributed by atoms with E-state index < -0.39 is 0 Å². The monoisotopic (exact) mass is 366 g/mol. The van der Waals surface area contributed by atoms with E-state index in [4.69, 9.17) is 4.74 Å². The van der Waals surface area contributed by atoms with Gasteiger partial charge in [-0.1, -0.05) is 49.4 Å². The van der Waals surface area contributed by atoms with E-state index in [2.05, 4.69) is 41.4 Å². The molecule has 0 saturated carbocycles. The fraction of sp³-hybridized carbons (Fsp3) is 0.435. The molecule has 1 heterocycles. The number of nitrogens with zero attached hydrogens (tertiary/aromatic N) is 1. The highest BCUT2D eigenvalue weighted by Gasteiger charge is 2.24. The lowest BCUT2D eigenvalue weighted by molar-refractivity contribution is -0.121. The Hall–Kier alpha value is -2.33. The molecule has 3 rings (SSSR count). The number of nitrogens with one attached hydrogen (secondary N) is 1. The molecule has 0 radical (unpaired) electrons. The molecular weight excluding hydrogens is 336 g/mol. The molecule has 27 heavy (non-hydrogen) atoms. The summed E-state index contributed by atoms with van der Waals surface area (Å²) >= 11 is 0. The van der Waals surface area contributed by atoms with Crippen LogP contribution in [0, 0.1) is 0 Å². The highest BCUT2D eigenvalue weighted by molar-refractivity contribution is 5.76. The lowest BCUT2D eigenvalue weighted by Crippen LogP contribution is -2.37. The molecule has 0 bridgehead atoms. The molecule has 2 atom stereocenters. The molecule has 2 aromatic rings. The van der Waals surface area contributed by atoms with Crippen LogP contribution < -0.4 is 10.1 Å². The third kappa shape index (κ3) is 5.33. The first-order valence-corrected chi connectivity index (χ1v) is 9.87. The van der Waals surface area contributed by atoms with Gasteiger partial charge in [-0.3, -0.25) is 9.69 Å². The van der Waals surface area contributed by atoms with Gasteiger partial charge in [0.15, 0.2) is 0 Å². The van der Waals surface area contributed by atoms with Crippen molar-refractivity contribution in [3.05, 3.63) is 65.7 Å². The van der Waals surface area contributed by atoms with Gasteiger partial charge < -0.3 is 10.1 Å². The van der Waals surface area contributed by atoms with E-state index in [0.29, 0.717) is 13.0 Å². The second-order valence-electron chi connectivity index (χ2n) is 7.35. The van der Waals surface area contributed by atoms with Crippen LogP contribution in [0.3, 0.4) is 0 Å². The SMILES string of the molecule is COc1ccc(C(CNC(=O)CC(C)c2ccccc2)N2CCCC2)cc1. The Balaban J connectivity index is 1.61. The minimum Gasteiger partial charge on any atom is -0.497 e. The molecule has 1 amide bonds. The second-order valence-corrected chi connectivity index (χ2v) is 7.35. The summed E-state index contributed by atoms with van der Waals surface area (Å²) in [5.41, 5.74) is 2.44. The van der Waals surface area contributed by atoms with Gasteiger partial charge in [0.25, 0.3) is 0 Å². The number of methoxy groups -OCH3 is 1. The van der Waals surface area contributed by atoms with Crippen molar-refractivity contribution in [2.75, 3.05) is 26.7 Å². The Morgan fingerprint density at radius 3 is 2.33 bits per heavy atom. The summed E-state index contributed by atoms with van der Waals surface area (Å²) in [4.78, 5) is 15.0. The van der Waals surface area contributed by atoms with E-state index in [1.807, 2.05) is 30.3 Å². The van der Waals surface area contributed by atoms with E-state index in [9.17, 15) is 4.79 Å². The lowest BCUT2D eigenvalue weighted by Gasteiger charge is -2.28. The number of benzene rings is 2. The molecular formula is C23H30N2O2. The van der Waals surface area contributed by atoms with E-state index in [1.54, 1.807) is 7.11 Å². The van der Waals surface area contributed by atoms with Crippen molar-refractivity contribution in [3.8, 4) is 5.75 Å². The molecule has 1 aliphatic rings. The number of rotatable bonds is 8. The first-order chi connectivity index (χ1) is 13.2. The minimum absolute atomic E-state index is 0.115. The molecule has 1 N–H and O–H groups in total. The smallest absolute Gasteiger partial charge is 0.220 e. The van der Waals surface area contributed by atoms with E-state index in [0.717, 1.165) is 18.8 Å². The van der Waals surface area contributed by atoms with Gasteiger partial charge in [-0.25, -0.2) is 0 Å². The third-order valence-electron chi connectivity index (χ3n) is 5.43. The van der Waals surface area contributed by atoms with Crippen molar-refractivity contribution < 1.29 is 9.53 Å². The van der Waals surface area contributed by atoms with Crippen molar-refractivity contribution in [2.45, 2.75) is 38.1 Å². The zero-order chi connectivity index (χ0) is 19.1. The maximum Gasteiger partial charge on any atom is 0.220 e. The Bertz CT molecular complexity index is 709. The third-order valence-corrected chi connectivity index (χ3v) is 5.43. The summed E-state index contributed by atoms with van der Waals surface area (Å²) in [7, 11) is 1.68. The largest absolute Gasteiger partial charge is 0.497 e. The number of hydrogen-bond acceptors (Lipinski definition) is 3. The number of hydrogen-bond donors (Lipinski definition) is 1. The molecule has 0 aliphatic carbocycles. The van der Waals surface area contributed by atoms with Gasteiger partial charge in [0.2, 0.25) is 5.91 Å². The quantitative estimate of drug-likeness (QED) is 0.763. The molecule has 2 unspecified atom stereocenters. The van der Waals surface area contributed by atoms with Crippen LogP contribution in [0.5, 0.6) is 5.75 Å². The van der Waals surface area contributed by atoms with Crippen molar-refractivity contribution >= 4 is 5.91 Å². The lowest BCUT2D eigenvalue weighted by atomic mass is 9.97. The number of ether oxygens (including phenoxy) is 1. The number of likely N-dealkylation sites (tertiary alicyclic amines) is 1. The van der Waals surface area contributed by atoms with Gasteiger partial charge >= 0.3 is 0 Å². The number of amides is 1. The zero-order valence-electron chi connectivity index (χ0n) is 16.4. The van der Waals surface area contributed by atoms with Crippen molar-refractivity contribution in [2.24, 2.45) is 0 Å². The van der Waals surface area contributed by atoms with Crippen LogP contribution in [0.4, 0.5) is 0 Å². The van der Waals surface area contributed by atoms with Gasteiger partial charge in [0.05, 0.1) is 13.2 Å². The summed E-state index contributed by atoms with van der Waals surface area (Å²) in [6.07, 6.45) is 2.97. The first kappa shape index (κ1) is 19.4. The van der Waals surface area contributed by atoms with Crippen LogP contribution in [0.15, 0.2) is 54.6 Å². The maximum absolute atomic E-state index is 12.5. The highest BCUT2D eigenvalue weighted by atomic mass is 16.5. The summed E-state index contributed by atoms with van der Waals surface area (Å²) in [5.74, 6) is 1.20. The average Bonchev–Trinajstić information content (AvgIpc) is 3.24. The Kier molecular flexibility index (Phi) is 6.88. The van der Waals surface area contributed by atoms with Gasteiger partial charge in [-0.2, -0.15) is 0 Å². The molecule has 1 fully saturated rings. The molecule has 2 aromatic carbocycles. The van der Waals surface area contributed by atoms with E-state index >= 15 is 0 Å². The average molecular weight is 367 g/mol. The fourth-order valence-corrected chi connectivity index (χ4v) is 3.80. The van der Waals surface area contributed by atoms with E-state index in [1.165, 1.54) is 24.0 Å². The molecule has 1 saturated heterocycles. The molecule has 144 valence electrons. The van der Waals surface area contributed by atoms with Gasteiger partial charge in [0.1, 0.15) is 5.75 Å². The highest BCUT2D eigenvalue weighted by Crippen LogP contribution is 2.26. The summed E-state index contributed by atoms with van der Waals surface area (Å²) in [6, 6.07) is 18.7. The fourth-order valence-electron chi connectivity index (χ4n) is 3.80. The van der Waals surface area contributed by atoms with Crippen molar-refractivity contribution in [3.63, 3.8) is 0 Å². The van der Waals surface area contributed by atoms with Crippen molar-refractivity contribution in [1.82, 2.24) is 10.2 Å². The minimum atomic E-state index is 0.115. The predicted molar refractivity (Wildman–Crippen MR) is 109 cm³/mol. The van der Waals surface area contributed by atoms with E-state index in [-0.39, 0.29) is 17.9 Å². The summed E-state index contributed by atoms with van der Waals surface area (Å²) < 4.78 is 5.28. The molecule has 4 nitrogen and oxygen atoms in total. The second kappa shape index (κ2) is 9.56. The van der Waals surface area contributed by atoms with Crippen LogP contribution in [-0.4, -0.2) is 37.6 Å². The first-order valence-electron chi connectivity index (χ1n) is 9.87. The van der Waals surface area contributed by atoms with Gasteiger partial charge in [-0.05, 0) is 55.1 Å². The van der Waals surface area contributed by atoms with Crippen molar-refractivity contribution in [1.29, 1.82) is 0 Å². The topological polar surface area (TPSA) is 41.6 Å². The predicted octanol–water partition coefficient (Wildman–Crippen LogP) is 4.14. The zero-order valence-corrected chi connectivity index (χ0v) is 16.4. The normalized spacial score (nSPS) is 16.7. The van der Waals surface area contributed by atoms with Crippen LogP contribution in [0.1, 0.15) is 49.3 Å². The molecule has 0 spiro atoms. The molecule has 0 aromatic heterocycles. The summed E-state index contributed by atoms with van der Waals surface area (Å²) in [5, 5.41) is 3.18. The molecule has 1 aliphatic heterocycles. The Morgan fingerprint density at radius 1 is 1.04 bits per heavy atom.